The Morgan fingerprint density at radius 2 is 2.20 bits per heavy atom. The molecule has 1 rings (SSSR count). The third-order valence-corrected chi connectivity index (χ3v) is 2.54. The van der Waals surface area contributed by atoms with E-state index in [0.29, 0.717) is 18.2 Å². The highest BCUT2D eigenvalue weighted by atomic mass is 16.5. The van der Waals surface area contributed by atoms with Gasteiger partial charge < -0.3 is 14.8 Å². The van der Waals surface area contributed by atoms with Gasteiger partial charge in [-0.1, -0.05) is 6.08 Å². The van der Waals surface area contributed by atoms with Gasteiger partial charge in [0.05, 0.1) is 7.11 Å². The third kappa shape index (κ3) is 4.44. The van der Waals surface area contributed by atoms with E-state index in [9.17, 15) is 4.79 Å². The molecular formula is C11H19NO3. The molecule has 1 N–H and O–H groups in total. The molecule has 0 aromatic rings. The molecule has 0 bridgehead atoms. The minimum absolute atomic E-state index is 0.260. The fourth-order valence-corrected chi connectivity index (χ4v) is 1.52. The number of methoxy groups -OCH3 is 1. The number of hydrogen-bond acceptors (Lipinski definition) is 4. The van der Waals surface area contributed by atoms with Crippen LogP contribution in [0, 0.1) is 0 Å². The van der Waals surface area contributed by atoms with E-state index in [0.717, 1.165) is 26.1 Å². The van der Waals surface area contributed by atoms with Crippen LogP contribution in [0.5, 0.6) is 0 Å². The maximum atomic E-state index is 11.1. The highest BCUT2D eigenvalue weighted by Crippen LogP contribution is 2.05. The molecular weight excluding hydrogens is 194 g/mol. The van der Waals surface area contributed by atoms with Gasteiger partial charge in [0, 0.05) is 31.4 Å². The van der Waals surface area contributed by atoms with Crippen LogP contribution < -0.4 is 5.32 Å². The zero-order valence-corrected chi connectivity index (χ0v) is 9.41. The second kappa shape index (κ2) is 6.58. The molecule has 4 heteroatoms. The van der Waals surface area contributed by atoms with Crippen molar-refractivity contribution in [1.82, 2.24) is 5.32 Å². The van der Waals surface area contributed by atoms with Crippen LogP contribution >= 0.6 is 0 Å². The van der Waals surface area contributed by atoms with E-state index < -0.39 is 0 Å². The summed E-state index contributed by atoms with van der Waals surface area (Å²) in [5, 5.41) is 3.37. The lowest BCUT2D eigenvalue weighted by atomic mass is 10.1. The van der Waals surface area contributed by atoms with Crippen LogP contribution in [0.1, 0.15) is 19.8 Å². The highest BCUT2D eigenvalue weighted by molar-refractivity contribution is 5.87. The van der Waals surface area contributed by atoms with Crippen molar-refractivity contribution in [2.45, 2.75) is 25.8 Å². The number of esters is 1. The summed E-state index contributed by atoms with van der Waals surface area (Å²) < 4.78 is 9.85. The van der Waals surface area contributed by atoms with Crippen LogP contribution in [-0.2, 0) is 14.3 Å². The molecule has 1 fully saturated rings. The molecule has 0 amide bonds. The normalized spacial score (nSPS) is 18.9. The van der Waals surface area contributed by atoms with Gasteiger partial charge in [-0.05, 0) is 19.8 Å². The molecule has 0 atom stereocenters. The van der Waals surface area contributed by atoms with E-state index in [1.165, 1.54) is 7.11 Å². The van der Waals surface area contributed by atoms with Gasteiger partial charge in [0.1, 0.15) is 0 Å². The number of rotatable bonds is 4. The molecule has 15 heavy (non-hydrogen) atoms. The molecule has 1 aliphatic heterocycles. The van der Waals surface area contributed by atoms with Crippen LogP contribution in [0.4, 0.5) is 0 Å². The van der Waals surface area contributed by atoms with Crippen molar-refractivity contribution in [3.8, 4) is 0 Å². The van der Waals surface area contributed by atoms with Gasteiger partial charge in [-0.3, -0.25) is 0 Å². The zero-order valence-electron chi connectivity index (χ0n) is 9.41. The average molecular weight is 213 g/mol. The minimum atomic E-state index is -0.260. The molecule has 0 spiro atoms. The third-order valence-electron chi connectivity index (χ3n) is 2.54. The molecule has 1 saturated heterocycles. The summed E-state index contributed by atoms with van der Waals surface area (Å²) >= 11 is 0. The number of nitrogens with one attached hydrogen (secondary N) is 1. The Morgan fingerprint density at radius 1 is 1.53 bits per heavy atom. The first-order chi connectivity index (χ1) is 7.24. The quantitative estimate of drug-likeness (QED) is 0.556. The Labute approximate surface area is 90.6 Å². The monoisotopic (exact) mass is 213 g/mol. The molecule has 4 nitrogen and oxygen atoms in total. The molecule has 1 heterocycles. The summed E-state index contributed by atoms with van der Waals surface area (Å²) in [6, 6.07) is 0.514. The Bertz CT molecular complexity index is 232. The van der Waals surface area contributed by atoms with Crippen LogP contribution in [0.3, 0.4) is 0 Å². The first-order valence-corrected chi connectivity index (χ1v) is 5.30. The number of carbonyl (C=O) groups excluding carboxylic acids is 1. The van der Waals surface area contributed by atoms with Crippen molar-refractivity contribution in [2.24, 2.45) is 0 Å². The number of hydrogen-bond donors (Lipinski definition) is 1. The van der Waals surface area contributed by atoms with Gasteiger partial charge in [0.2, 0.25) is 0 Å². The topological polar surface area (TPSA) is 47.6 Å². The second-order valence-corrected chi connectivity index (χ2v) is 3.67. The lowest BCUT2D eigenvalue weighted by Gasteiger charge is -2.22. The summed E-state index contributed by atoms with van der Waals surface area (Å²) in [4.78, 5) is 11.1. The van der Waals surface area contributed by atoms with Crippen molar-refractivity contribution in [3.05, 3.63) is 11.6 Å². The van der Waals surface area contributed by atoms with E-state index in [4.69, 9.17) is 4.74 Å². The van der Waals surface area contributed by atoms with Crippen molar-refractivity contribution < 1.29 is 14.3 Å². The van der Waals surface area contributed by atoms with Crippen molar-refractivity contribution in [2.75, 3.05) is 26.9 Å². The molecule has 86 valence electrons. The van der Waals surface area contributed by atoms with Crippen molar-refractivity contribution >= 4 is 5.97 Å². The summed E-state index contributed by atoms with van der Waals surface area (Å²) in [7, 11) is 1.39. The molecule has 0 aromatic carbocycles. The molecule has 0 aliphatic carbocycles. The molecule has 0 radical (unpaired) electrons. The van der Waals surface area contributed by atoms with Crippen molar-refractivity contribution in [1.29, 1.82) is 0 Å². The lowest BCUT2D eigenvalue weighted by molar-refractivity contribution is -0.136. The van der Waals surface area contributed by atoms with E-state index in [-0.39, 0.29) is 5.97 Å². The minimum Gasteiger partial charge on any atom is -0.466 e. The van der Waals surface area contributed by atoms with Crippen LogP contribution in [0.2, 0.25) is 0 Å². The van der Waals surface area contributed by atoms with Gasteiger partial charge >= 0.3 is 5.97 Å². The van der Waals surface area contributed by atoms with Gasteiger partial charge in [0.15, 0.2) is 0 Å². The van der Waals surface area contributed by atoms with E-state index in [1.54, 1.807) is 6.92 Å². The fourth-order valence-electron chi connectivity index (χ4n) is 1.52. The van der Waals surface area contributed by atoms with Gasteiger partial charge in [-0.15, -0.1) is 0 Å². The van der Waals surface area contributed by atoms with Crippen LogP contribution in [0.25, 0.3) is 0 Å². The summed E-state index contributed by atoms with van der Waals surface area (Å²) in [6.45, 7) is 4.14. The highest BCUT2D eigenvalue weighted by Gasteiger charge is 2.12. The van der Waals surface area contributed by atoms with E-state index in [2.05, 4.69) is 10.1 Å². The molecule has 0 aromatic heterocycles. The van der Waals surface area contributed by atoms with Gasteiger partial charge in [-0.25, -0.2) is 4.79 Å². The maximum absolute atomic E-state index is 11.1. The van der Waals surface area contributed by atoms with Crippen LogP contribution in [0.15, 0.2) is 11.6 Å². The average Bonchev–Trinajstić information content (AvgIpc) is 2.29. The number of ether oxygens (including phenoxy) is 2. The van der Waals surface area contributed by atoms with Gasteiger partial charge in [-0.2, -0.15) is 0 Å². The van der Waals surface area contributed by atoms with Crippen molar-refractivity contribution in [3.63, 3.8) is 0 Å². The van der Waals surface area contributed by atoms with E-state index in [1.807, 2.05) is 6.08 Å². The first-order valence-electron chi connectivity index (χ1n) is 5.30. The smallest absolute Gasteiger partial charge is 0.333 e. The largest absolute Gasteiger partial charge is 0.466 e. The molecule has 0 unspecified atom stereocenters. The zero-order chi connectivity index (χ0) is 11.1. The summed E-state index contributed by atoms with van der Waals surface area (Å²) in [5.41, 5.74) is 0.650. The number of carbonyl (C=O) groups is 1. The Balaban J connectivity index is 2.21. The summed E-state index contributed by atoms with van der Waals surface area (Å²) in [5.74, 6) is -0.260. The Kier molecular flexibility index (Phi) is 5.36. The predicted octanol–water partition coefficient (Wildman–Crippen LogP) is 0.874. The standard InChI is InChI=1S/C11H19NO3/c1-9(11(13)14-2)3-6-12-10-4-7-15-8-5-10/h3,10,12H,4-8H2,1-2H3. The SMILES string of the molecule is COC(=O)C(C)=CCNC1CCOCC1. The molecule has 1 aliphatic rings. The second-order valence-electron chi connectivity index (χ2n) is 3.67. The fraction of sp³-hybridized carbons (Fsp3) is 0.727. The van der Waals surface area contributed by atoms with E-state index >= 15 is 0 Å². The lowest BCUT2D eigenvalue weighted by Crippen LogP contribution is -2.34. The summed E-state index contributed by atoms with van der Waals surface area (Å²) in [6.07, 6.45) is 3.96. The van der Waals surface area contributed by atoms with Gasteiger partial charge in [0.25, 0.3) is 0 Å². The van der Waals surface area contributed by atoms with Crippen LogP contribution in [-0.4, -0.2) is 38.9 Å². The maximum Gasteiger partial charge on any atom is 0.333 e. The Morgan fingerprint density at radius 3 is 2.80 bits per heavy atom. The molecule has 0 saturated carbocycles. The predicted molar refractivity (Wildman–Crippen MR) is 57.6 cm³/mol. The first kappa shape index (κ1) is 12.2. The Hall–Kier alpha value is -0.870.